The first-order chi connectivity index (χ1) is 20.6. The molecule has 2 aliphatic heterocycles. The van der Waals surface area contributed by atoms with Crippen molar-refractivity contribution in [2.75, 3.05) is 18.0 Å². The minimum absolute atomic E-state index is 0.0665. The Morgan fingerprint density at radius 2 is 1.79 bits per heavy atom. The second kappa shape index (κ2) is 10.6. The molecule has 2 amide bonds. The van der Waals surface area contributed by atoms with E-state index < -0.39 is 6.10 Å². The van der Waals surface area contributed by atoms with E-state index in [0.29, 0.717) is 48.7 Å². The monoisotopic (exact) mass is 560 g/mol. The van der Waals surface area contributed by atoms with Crippen LogP contribution in [-0.2, 0) is 22.6 Å². The molecule has 0 saturated heterocycles. The molecule has 0 spiro atoms. The average Bonchev–Trinajstić information content (AvgIpc) is 3.47. The molecule has 2 aromatic carbocycles. The average molecular weight is 561 g/mol. The molecule has 1 N–H and O–H groups in total. The largest absolute Gasteiger partial charge is 0.472 e. The van der Waals surface area contributed by atoms with Gasteiger partial charge < -0.3 is 9.64 Å². The predicted octanol–water partition coefficient (Wildman–Crippen LogP) is 3.92. The van der Waals surface area contributed by atoms with Gasteiger partial charge in [0.2, 0.25) is 12.0 Å². The number of H-pyrrole nitrogens is 1. The highest BCUT2D eigenvalue weighted by atomic mass is 16.5. The summed E-state index contributed by atoms with van der Waals surface area (Å²) in [6.45, 7) is 1.02. The van der Waals surface area contributed by atoms with Gasteiger partial charge in [0.25, 0.3) is 11.5 Å². The molecule has 42 heavy (non-hydrogen) atoms. The summed E-state index contributed by atoms with van der Waals surface area (Å²) in [7, 11) is 0. The quantitative estimate of drug-likeness (QED) is 0.337. The van der Waals surface area contributed by atoms with E-state index in [2.05, 4.69) is 10.1 Å². The van der Waals surface area contributed by atoms with Crippen LogP contribution in [0, 0.1) is 0 Å². The van der Waals surface area contributed by atoms with Crippen molar-refractivity contribution in [3.8, 4) is 17.0 Å². The number of hydrogen-bond acceptors (Lipinski definition) is 6. The number of carbonyl (C=O) groups is 2. The number of fused-ring (bicyclic) bond motifs is 3. The number of nitrogens with zero attached hydrogens (tertiary/aromatic N) is 5. The van der Waals surface area contributed by atoms with E-state index in [1.54, 1.807) is 28.1 Å². The summed E-state index contributed by atoms with van der Waals surface area (Å²) in [4.78, 5) is 52.6. The molecule has 0 bridgehead atoms. The number of aromatic amines is 1. The first-order valence-electron chi connectivity index (χ1n) is 14.0. The van der Waals surface area contributed by atoms with Gasteiger partial charge in [-0.2, -0.15) is 0 Å². The Balaban J connectivity index is 1.05. The summed E-state index contributed by atoms with van der Waals surface area (Å²) in [5.41, 5.74) is 4.16. The Labute approximate surface area is 241 Å². The molecular weight excluding hydrogens is 532 g/mol. The number of anilines is 1. The second-order valence-electron chi connectivity index (χ2n) is 10.5. The molecule has 10 nitrogen and oxygen atoms in total. The zero-order valence-electron chi connectivity index (χ0n) is 22.8. The van der Waals surface area contributed by atoms with E-state index >= 15 is 0 Å². The lowest BCUT2D eigenvalue weighted by Crippen LogP contribution is -2.43. The number of carbonyl (C=O) groups excluding carboxylic acids is 2. The molecule has 5 heterocycles. The van der Waals surface area contributed by atoms with Crippen molar-refractivity contribution in [3.05, 3.63) is 112 Å². The standard InChI is InChI=1S/C32H28N6O4/c39-28(14-8-17-37-30-26(13-7-16-33-30)42-29(32(37)41)22-11-5-2-6-12-22)36-18-15-24-23(20-36)31(40)38-27(34-24)19-25(35-38)21-9-3-1-4-10-21/h1-7,9-13,16,19,29,35H,8,14-15,17-18,20H2. The first kappa shape index (κ1) is 25.7. The number of aromatic nitrogens is 4. The van der Waals surface area contributed by atoms with Gasteiger partial charge in [-0.3, -0.25) is 24.4 Å². The Hall–Kier alpha value is -5.25. The van der Waals surface area contributed by atoms with Crippen molar-refractivity contribution in [1.82, 2.24) is 24.5 Å². The molecule has 0 radical (unpaired) electrons. The molecule has 5 aromatic rings. The minimum Gasteiger partial charge on any atom is -0.472 e. The smallest absolute Gasteiger partial charge is 0.277 e. The van der Waals surface area contributed by atoms with Crippen molar-refractivity contribution in [2.24, 2.45) is 0 Å². The van der Waals surface area contributed by atoms with Crippen molar-refractivity contribution in [1.29, 1.82) is 0 Å². The maximum atomic E-state index is 13.5. The van der Waals surface area contributed by atoms with Gasteiger partial charge in [0.15, 0.2) is 17.2 Å². The SMILES string of the molecule is O=C(CCCN1C(=O)C(c2ccccc2)Oc2cccnc21)N1CCc2nc3cc(-c4ccccc4)[nH]n3c(=O)c2C1. The van der Waals surface area contributed by atoms with Gasteiger partial charge in [-0.05, 0) is 24.1 Å². The third-order valence-electron chi connectivity index (χ3n) is 7.82. The normalized spacial score (nSPS) is 16.2. The van der Waals surface area contributed by atoms with Crippen LogP contribution in [0.4, 0.5) is 5.82 Å². The van der Waals surface area contributed by atoms with Gasteiger partial charge in [-0.15, -0.1) is 0 Å². The lowest BCUT2D eigenvalue weighted by atomic mass is 10.1. The summed E-state index contributed by atoms with van der Waals surface area (Å²) in [6.07, 6.45) is 2.04. The van der Waals surface area contributed by atoms with Crippen molar-refractivity contribution < 1.29 is 14.3 Å². The van der Waals surface area contributed by atoms with Crippen LogP contribution in [0.2, 0.25) is 0 Å². The number of ether oxygens (including phenoxy) is 1. The van der Waals surface area contributed by atoms with E-state index in [9.17, 15) is 14.4 Å². The van der Waals surface area contributed by atoms with E-state index in [-0.39, 0.29) is 30.3 Å². The van der Waals surface area contributed by atoms with Crippen LogP contribution in [0.15, 0.2) is 89.9 Å². The third-order valence-corrected chi connectivity index (χ3v) is 7.82. The fourth-order valence-corrected chi connectivity index (χ4v) is 5.66. The number of hydrogen-bond donors (Lipinski definition) is 1. The Morgan fingerprint density at radius 1 is 1.00 bits per heavy atom. The molecule has 7 rings (SSSR count). The molecule has 210 valence electrons. The van der Waals surface area contributed by atoms with Gasteiger partial charge >= 0.3 is 0 Å². The number of nitrogens with one attached hydrogen (secondary N) is 1. The molecular formula is C32H28N6O4. The Bertz CT molecular complexity index is 1850. The zero-order valence-corrected chi connectivity index (χ0v) is 22.8. The molecule has 3 aromatic heterocycles. The zero-order chi connectivity index (χ0) is 28.6. The molecule has 1 unspecified atom stereocenters. The third kappa shape index (κ3) is 4.60. The topological polar surface area (TPSA) is 113 Å². The number of pyridine rings is 1. The van der Waals surface area contributed by atoms with Crippen molar-refractivity contribution in [2.45, 2.75) is 31.9 Å². The highest BCUT2D eigenvalue weighted by Crippen LogP contribution is 2.37. The molecule has 1 atom stereocenters. The highest BCUT2D eigenvalue weighted by Gasteiger charge is 2.36. The van der Waals surface area contributed by atoms with E-state index in [1.165, 1.54) is 4.52 Å². The Kier molecular flexibility index (Phi) is 6.50. The number of rotatable bonds is 6. The second-order valence-corrected chi connectivity index (χ2v) is 10.5. The van der Waals surface area contributed by atoms with Crippen LogP contribution in [-0.4, -0.2) is 49.4 Å². The summed E-state index contributed by atoms with van der Waals surface area (Å²) < 4.78 is 7.47. The van der Waals surface area contributed by atoms with Crippen LogP contribution in [0.5, 0.6) is 5.75 Å². The highest BCUT2D eigenvalue weighted by molar-refractivity contribution is 5.99. The van der Waals surface area contributed by atoms with Gasteiger partial charge in [-0.1, -0.05) is 60.7 Å². The van der Waals surface area contributed by atoms with E-state index in [4.69, 9.17) is 9.72 Å². The lowest BCUT2D eigenvalue weighted by Gasteiger charge is -2.33. The fraction of sp³-hybridized carbons (Fsp3) is 0.219. The van der Waals surface area contributed by atoms with Gasteiger partial charge in [0, 0.05) is 43.8 Å². The number of amides is 2. The summed E-state index contributed by atoms with van der Waals surface area (Å²) >= 11 is 0. The fourth-order valence-electron chi connectivity index (χ4n) is 5.66. The molecule has 2 aliphatic rings. The lowest BCUT2D eigenvalue weighted by molar-refractivity contribution is -0.132. The maximum Gasteiger partial charge on any atom is 0.277 e. The van der Waals surface area contributed by atoms with E-state index in [0.717, 1.165) is 22.5 Å². The maximum absolute atomic E-state index is 13.5. The van der Waals surface area contributed by atoms with Gasteiger partial charge in [-0.25, -0.2) is 14.5 Å². The molecule has 0 fully saturated rings. The molecule has 10 heteroatoms. The molecule has 0 aliphatic carbocycles. The predicted molar refractivity (Wildman–Crippen MR) is 156 cm³/mol. The van der Waals surface area contributed by atoms with Gasteiger partial charge in [0.1, 0.15) is 0 Å². The van der Waals surface area contributed by atoms with Crippen LogP contribution >= 0.6 is 0 Å². The van der Waals surface area contributed by atoms with Crippen LogP contribution in [0.25, 0.3) is 16.9 Å². The van der Waals surface area contributed by atoms with Crippen LogP contribution < -0.4 is 15.2 Å². The summed E-state index contributed by atoms with van der Waals surface area (Å²) in [5.74, 6) is 0.709. The molecule has 0 saturated carbocycles. The van der Waals surface area contributed by atoms with E-state index in [1.807, 2.05) is 66.7 Å². The summed E-state index contributed by atoms with van der Waals surface area (Å²) in [6, 6.07) is 24.6. The minimum atomic E-state index is -0.773. The van der Waals surface area contributed by atoms with Gasteiger partial charge in [0.05, 0.1) is 23.5 Å². The number of benzene rings is 2. The first-order valence-corrected chi connectivity index (χ1v) is 14.0. The van der Waals surface area contributed by atoms with Crippen molar-refractivity contribution in [3.63, 3.8) is 0 Å². The van der Waals surface area contributed by atoms with Crippen molar-refractivity contribution >= 4 is 23.3 Å². The summed E-state index contributed by atoms with van der Waals surface area (Å²) in [5, 5.41) is 3.16. The van der Waals surface area contributed by atoms with Crippen LogP contribution in [0.3, 0.4) is 0 Å². The Morgan fingerprint density at radius 3 is 2.60 bits per heavy atom. The van der Waals surface area contributed by atoms with Crippen LogP contribution in [0.1, 0.15) is 35.8 Å².